The summed E-state index contributed by atoms with van der Waals surface area (Å²) in [4.78, 5) is 38.4. The lowest BCUT2D eigenvalue weighted by Crippen LogP contribution is -2.49. The summed E-state index contributed by atoms with van der Waals surface area (Å²) in [6.45, 7) is -0.637. The van der Waals surface area contributed by atoms with Gasteiger partial charge in [-0.05, 0) is 36.4 Å². The summed E-state index contributed by atoms with van der Waals surface area (Å²) in [5.74, 6) is -1.18. The normalized spacial score (nSPS) is 15.1. The van der Waals surface area contributed by atoms with E-state index in [1.807, 2.05) is 0 Å². The first-order valence-corrected chi connectivity index (χ1v) is 10.6. The molecule has 0 saturated heterocycles. The van der Waals surface area contributed by atoms with Crippen molar-refractivity contribution in [3.05, 3.63) is 59.1 Å². The molecular formula is C22H20ClF3N4O6. The number of urea groups is 1. The van der Waals surface area contributed by atoms with Gasteiger partial charge in [-0.25, -0.2) is 14.6 Å². The van der Waals surface area contributed by atoms with Gasteiger partial charge in [-0.15, -0.1) is 13.2 Å². The summed E-state index contributed by atoms with van der Waals surface area (Å²) in [6.07, 6.45) is -5.70. The molecule has 1 N–H and O–H groups in total. The molecule has 0 aromatic heterocycles. The maximum atomic E-state index is 12.9. The molecule has 1 heterocycles. The van der Waals surface area contributed by atoms with E-state index in [1.54, 1.807) is 24.3 Å². The topological polar surface area (TPSA) is 110 Å². The molecule has 0 radical (unpaired) electrons. The van der Waals surface area contributed by atoms with Crippen molar-refractivity contribution in [1.82, 2.24) is 9.91 Å². The van der Waals surface area contributed by atoms with Crippen LogP contribution in [0, 0.1) is 0 Å². The maximum absolute atomic E-state index is 12.9. The van der Waals surface area contributed by atoms with Crippen molar-refractivity contribution in [3.63, 3.8) is 0 Å². The van der Waals surface area contributed by atoms with Gasteiger partial charge in [-0.2, -0.15) is 5.10 Å². The molecule has 2 aromatic rings. The molecule has 0 spiro atoms. The Labute approximate surface area is 208 Å². The Kier molecular flexibility index (Phi) is 8.25. The first kappa shape index (κ1) is 26.6. The van der Waals surface area contributed by atoms with Crippen molar-refractivity contribution < 1.29 is 41.8 Å². The zero-order valence-electron chi connectivity index (χ0n) is 18.9. The van der Waals surface area contributed by atoms with Crippen LogP contribution < -0.4 is 10.1 Å². The predicted molar refractivity (Wildman–Crippen MR) is 122 cm³/mol. The van der Waals surface area contributed by atoms with Gasteiger partial charge in [-0.1, -0.05) is 23.7 Å². The van der Waals surface area contributed by atoms with Crippen LogP contribution in [0.5, 0.6) is 5.75 Å². The standard InChI is InChI=1S/C22H20ClF3N4O6/c1-34-18(31)12-29(21(33)35-2)17-11-30(28-19(17)13-3-5-14(23)6-4-13)20(32)27-15-7-9-16(10-8-15)36-22(24,25)26/h3-10,17H,11-12H2,1-2H3,(H,27,32). The summed E-state index contributed by atoms with van der Waals surface area (Å²) in [7, 11) is 2.29. The number of carbonyl (C=O) groups is 3. The number of halogens is 4. The Bertz CT molecular complexity index is 1140. The first-order chi connectivity index (χ1) is 17.0. The number of rotatable bonds is 6. The number of anilines is 1. The Hall–Kier alpha value is -4.00. The SMILES string of the molecule is COC(=O)CN(C(=O)OC)C1CN(C(=O)Nc2ccc(OC(F)(F)F)cc2)N=C1c1ccc(Cl)cc1. The fourth-order valence-electron chi connectivity index (χ4n) is 3.28. The minimum absolute atomic E-state index is 0.162. The molecule has 0 aliphatic carbocycles. The minimum Gasteiger partial charge on any atom is -0.468 e. The van der Waals surface area contributed by atoms with Gasteiger partial charge in [0.1, 0.15) is 18.3 Å². The van der Waals surface area contributed by atoms with E-state index in [9.17, 15) is 27.6 Å². The van der Waals surface area contributed by atoms with Crippen molar-refractivity contribution in [1.29, 1.82) is 0 Å². The van der Waals surface area contributed by atoms with Crippen LogP contribution in [0.25, 0.3) is 0 Å². The molecule has 3 rings (SSSR count). The average Bonchev–Trinajstić information content (AvgIpc) is 3.28. The summed E-state index contributed by atoms with van der Waals surface area (Å²) < 4.78 is 50.3. The fraction of sp³-hybridized carbons (Fsp3) is 0.273. The molecule has 10 nitrogen and oxygen atoms in total. The lowest BCUT2D eigenvalue weighted by atomic mass is 10.0. The summed E-state index contributed by atoms with van der Waals surface area (Å²) in [6, 6.07) is 9.30. The molecule has 3 amide bonds. The van der Waals surface area contributed by atoms with Gasteiger partial charge in [0.05, 0.1) is 26.5 Å². The Balaban J connectivity index is 1.86. The maximum Gasteiger partial charge on any atom is 0.573 e. The molecule has 36 heavy (non-hydrogen) atoms. The number of hydrazone groups is 1. The number of nitrogens with one attached hydrogen (secondary N) is 1. The van der Waals surface area contributed by atoms with Crippen molar-refractivity contribution in [2.75, 3.05) is 32.6 Å². The van der Waals surface area contributed by atoms with E-state index in [0.717, 1.165) is 36.3 Å². The van der Waals surface area contributed by atoms with Gasteiger partial charge < -0.3 is 19.5 Å². The van der Waals surface area contributed by atoms with E-state index in [4.69, 9.17) is 16.3 Å². The van der Waals surface area contributed by atoms with Crippen LogP contribution in [0.3, 0.4) is 0 Å². The lowest BCUT2D eigenvalue weighted by molar-refractivity contribution is -0.274. The van der Waals surface area contributed by atoms with Crippen molar-refractivity contribution in [2.24, 2.45) is 5.10 Å². The van der Waals surface area contributed by atoms with Crippen LogP contribution in [-0.2, 0) is 14.3 Å². The van der Waals surface area contributed by atoms with Crippen LogP contribution in [0.2, 0.25) is 5.02 Å². The van der Waals surface area contributed by atoms with Gasteiger partial charge in [0, 0.05) is 16.3 Å². The number of hydrogen-bond donors (Lipinski definition) is 1. The number of carbonyl (C=O) groups excluding carboxylic acids is 3. The van der Waals surface area contributed by atoms with E-state index < -0.39 is 42.8 Å². The monoisotopic (exact) mass is 528 g/mol. The smallest absolute Gasteiger partial charge is 0.468 e. The third-order valence-corrected chi connectivity index (χ3v) is 5.17. The Morgan fingerprint density at radius 2 is 1.72 bits per heavy atom. The second-order valence-corrected chi connectivity index (χ2v) is 7.70. The Morgan fingerprint density at radius 3 is 2.28 bits per heavy atom. The molecule has 0 fully saturated rings. The van der Waals surface area contributed by atoms with Crippen LogP contribution in [0.1, 0.15) is 5.56 Å². The van der Waals surface area contributed by atoms with Crippen LogP contribution in [0.4, 0.5) is 28.4 Å². The number of alkyl halides is 3. The van der Waals surface area contributed by atoms with E-state index in [0.29, 0.717) is 10.6 Å². The van der Waals surface area contributed by atoms with Crippen molar-refractivity contribution in [3.8, 4) is 5.75 Å². The highest BCUT2D eigenvalue weighted by atomic mass is 35.5. The number of ether oxygens (including phenoxy) is 3. The van der Waals surface area contributed by atoms with Gasteiger partial charge in [0.25, 0.3) is 0 Å². The number of benzene rings is 2. The van der Waals surface area contributed by atoms with Crippen molar-refractivity contribution in [2.45, 2.75) is 12.4 Å². The molecular weight excluding hydrogens is 509 g/mol. The second kappa shape index (κ2) is 11.2. The third kappa shape index (κ3) is 6.78. The van der Waals surface area contributed by atoms with E-state index >= 15 is 0 Å². The predicted octanol–water partition coefficient (Wildman–Crippen LogP) is 4.10. The first-order valence-electron chi connectivity index (χ1n) is 10.2. The molecule has 1 aliphatic rings. The van der Waals surface area contributed by atoms with E-state index in [2.05, 4.69) is 19.9 Å². The number of methoxy groups -OCH3 is 2. The van der Waals surface area contributed by atoms with Gasteiger partial charge in [0.2, 0.25) is 0 Å². The van der Waals surface area contributed by atoms with Gasteiger partial charge >= 0.3 is 24.5 Å². The van der Waals surface area contributed by atoms with Crippen LogP contribution >= 0.6 is 11.6 Å². The summed E-state index contributed by atoms with van der Waals surface area (Å²) in [5.41, 5.74) is 0.956. The molecule has 192 valence electrons. The highest BCUT2D eigenvalue weighted by molar-refractivity contribution is 6.30. The third-order valence-electron chi connectivity index (χ3n) is 4.92. The van der Waals surface area contributed by atoms with Gasteiger partial charge in [0.15, 0.2) is 0 Å². The fourth-order valence-corrected chi connectivity index (χ4v) is 3.41. The molecule has 1 unspecified atom stereocenters. The number of hydrogen-bond acceptors (Lipinski definition) is 7. The molecule has 0 saturated carbocycles. The summed E-state index contributed by atoms with van der Waals surface area (Å²) in [5, 5.41) is 8.29. The zero-order valence-corrected chi connectivity index (χ0v) is 19.7. The van der Waals surface area contributed by atoms with E-state index in [1.165, 1.54) is 12.1 Å². The zero-order chi connectivity index (χ0) is 26.5. The molecule has 14 heteroatoms. The number of nitrogens with zero attached hydrogens (tertiary/aromatic N) is 3. The van der Waals surface area contributed by atoms with Crippen LogP contribution in [-0.4, -0.2) is 73.4 Å². The molecule has 1 aliphatic heterocycles. The highest BCUT2D eigenvalue weighted by Crippen LogP contribution is 2.25. The largest absolute Gasteiger partial charge is 0.573 e. The van der Waals surface area contributed by atoms with E-state index in [-0.39, 0.29) is 17.9 Å². The molecule has 1 atom stereocenters. The average molecular weight is 529 g/mol. The van der Waals surface area contributed by atoms with Gasteiger partial charge in [-0.3, -0.25) is 9.69 Å². The molecule has 0 bridgehead atoms. The molecule has 2 aromatic carbocycles. The van der Waals surface area contributed by atoms with Crippen molar-refractivity contribution >= 4 is 41.1 Å². The van der Waals surface area contributed by atoms with Crippen LogP contribution in [0.15, 0.2) is 53.6 Å². The Morgan fingerprint density at radius 1 is 1.08 bits per heavy atom. The quantitative estimate of drug-likeness (QED) is 0.565. The summed E-state index contributed by atoms with van der Waals surface area (Å²) >= 11 is 5.96. The second-order valence-electron chi connectivity index (χ2n) is 7.27. The minimum atomic E-state index is -4.85. The lowest BCUT2D eigenvalue weighted by Gasteiger charge is -2.27. The number of esters is 1. The highest BCUT2D eigenvalue weighted by Gasteiger charge is 2.39. The number of amides is 3.